The number of benzene rings is 1. The molecule has 4 N–H and O–H groups in total. The summed E-state index contributed by atoms with van der Waals surface area (Å²) < 4.78 is 7.54. The highest BCUT2D eigenvalue weighted by Crippen LogP contribution is 2.29. The van der Waals surface area contributed by atoms with Crippen LogP contribution >= 0.6 is 0 Å². The molecule has 0 spiro atoms. The Balaban J connectivity index is 1.59. The molecule has 1 aliphatic heterocycles. The molecule has 4 rings (SSSR count). The minimum Gasteiger partial charge on any atom is -0.496 e. The fourth-order valence-corrected chi connectivity index (χ4v) is 3.82. The maximum atomic E-state index is 5.89. The molecule has 1 fully saturated rings. The molecule has 1 aliphatic rings. The zero-order chi connectivity index (χ0) is 20.2. The van der Waals surface area contributed by atoms with Crippen molar-refractivity contribution in [1.82, 2.24) is 25.1 Å². The molecular weight excluding hydrogens is 366 g/mol. The highest BCUT2D eigenvalue weighted by atomic mass is 16.5. The fourth-order valence-electron chi connectivity index (χ4n) is 3.82. The second-order valence-corrected chi connectivity index (χ2v) is 7.49. The number of hydrogen-bond acceptors (Lipinski definition) is 7. The SMILES string of the molecule is CCCCNc1nc(N)nc2cn(Cc3ccc([C@@H]4CCCN4)cc3OC)nc12. The summed E-state index contributed by atoms with van der Waals surface area (Å²) in [4.78, 5) is 8.67. The Morgan fingerprint density at radius 1 is 1.34 bits per heavy atom. The summed E-state index contributed by atoms with van der Waals surface area (Å²) >= 11 is 0. The number of ether oxygens (including phenoxy) is 1. The molecule has 0 radical (unpaired) electrons. The van der Waals surface area contributed by atoms with Crippen molar-refractivity contribution in [3.05, 3.63) is 35.5 Å². The topological polar surface area (TPSA) is 103 Å². The van der Waals surface area contributed by atoms with Crippen LogP contribution in [-0.4, -0.2) is 39.9 Å². The van der Waals surface area contributed by atoms with Crippen LogP contribution in [0.15, 0.2) is 24.4 Å². The summed E-state index contributed by atoms with van der Waals surface area (Å²) in [6, 6.07) is 6.86. The molecule has 8 heteroatoms. The monoisotopic (exact) mass is 395 g/mol. The van der Waals surface area contributed by atoms with E-state index >= 15 is 0 Å². The van der Waals surface area contributed by atoms with E-state index in [9.17, 15) is 0 Å². The van der Waals surface area contributed by atoms with Crippen molar-refractivity contribution in [3.8, 4) is 5.75 Å². The molecule has 0 bridgehead atoms. The minimum atomic E-state index is 0.252. The van der Waals surface area contributed by atoms with Crippen molar-refractivity contribution in [2.75, 3.05) is 31.2 Å². The third-order valence-corrected chi connectivity index (χ3v) is 5.36. The second-order valence-electron chi connectivity index (χ2n) is 7.49. The molecule has 1 aromatic carbocycles. The third-order valence-electron chi connectivity index (χ3n) is 5.36. The normalized spacial score (nSPS) is 16.4. The standard InChI is InChI=1S/C21H29N7O/c1-3-4-9-24-20-19-17(25-21(22)26-20)13-28(27-19)12-15-8-7-14(11-18(15)29-2)16-6-5-10-23-16/h7-8,11,13,16,23H,3-6,9-10,12H2,1-2H3,(H3,22,24,25,26)/t16-/m0/s1. The van der Waals surface area contributed by atoms with Crippen LogP contribution in [0.5, 0.6) is 5.75 Å². The van der Waals surface area contributed by atoms with Crippen molar-refractivity contribution in [3.63, 3.8) is 0 Å². The van der Waals surface area contributed by atoms with Gasteiger partial charge in [-0.25, -0.2) is 4.98 Å². The maximum absolute atomic E-state index is 5.89. The van der Waals surface area contributed by atoms with Gasteiger partial charge in [-0.05, 0) is 37.4 Å². The average Bonchev–Trinajstić information content (AvgIpc) is 3.38. The van der Waals surface area contributed by atoms with Gasteiger partial charge in [0.2, 0.25) is 5.95 Å². The van der Waals surface area contributed by atoms with Gasteiger partial charge in [0.15, 0.2) is 11.3 Å². The van der Waals surface area contributed by atoms with Crippen LogP contribution in [0, 0.1) is 0 Å². The van der Waals surface area contributed by atoms with Crippen molar-refractivity contribution < 1.29 is 4.74 Å². The molecule has 1 saturated heterocycles. The highest BCUT2D eigenvalue weighted by molar-refractivity contribution is 5.85. The number of nitrogens with two attached hydrogens (primary N) is 1. The Kier molecular flexibility index (Phi) is 5.80. The van der Waals surface area contributed by atoms with Gasteiger partial charge in [0.05, 0.1) is 19.9 Å². The van der Waals surface area contributed by atoms with E-state index in [1.807, 2.05) is 10.9 Å². The van der Waals surface area contributed by atoms with Crippen LogP contribution < -0.4 is 21.1 Å². The van der Waals surface area contributed by atoms with Crippen LogP contribution in [0.2, 0.25) is 0 Å². The first kappa shape index (κ1) is 19.4. The predicted octanol–water partition coefficient (Wildman–Crippen LogP) is 3.10. The number of fused-ring (bicyclic) bond motifs is 1. The van der Waals surface area contributed by atoms with Gasteiger partial charge in [-0.1, -0.05) is 25.5 Å². The number of anilines is 2. The van der Waals surface area contributed by atoms with Gasteiger partial charge in [0.25, 0.3) is 0 Å². The van der Waals surface area contributed by atoms with E-state index in [0.29, 0.717) is 18.4 Å². The smallest absolute Gasteiger partial charge is 0.222 e. The summed E-state index contributed by atoms with van der Waals surface area (Å²) in [5.74, 6) is 1.82. The first-order chi connectivity index (χ1) is 14.2. The molecule has 0 amide bonds. The van der Waals surface area contributed by atoms with Crippen LogP contribution in [-0.2, 0) is 6.54 Å². The summed E-state index contributed by atoms with van der Waals surface area (Å²) in [5, 5.41) is 11.6. The van der Waals surface area contributed by atoms with Crippen LogP contribution in [0.25, 0.3) is 11.0 Å². The van der Waals surface area contributed by atoms with Gasteiger partial charge in [-0.15, -0.1) is 0 Å². The maximum Gasteiger partial charge on any atom is 0.222 e. The molecule has 3 heterocycles. The summed E-state index contributed by atoms with van der Waals surface area (Å²) in [6.07, 6.45) is 6.46. The molecule has 0 saturated carbocycles. The first-order valence-corrected chi connectivity index (χ1v) is 10.3. The van der Waals surface area contributed by atoms with E-state index in [-0.39, 0.29) is 5.95 Å². The van der Waals surface area contributed by atoms with Crippen LogP contribution in [0.3, 0.4) is 0 Å². The largest absolute Gasteiger partial charge is 0.496 e. The molecule has 0 unspecified atom stereocenters. The number of unbranched alkanes of at least 4 members (excludes halogenated alkanes) is 1. The molecule has 0 aliphatic carbocycles. The van der Waals surface area contributed by atoms with Crippen LogP contribution in [0.4, 0.5) is 11.8 Å². The molecular formula is C21H29N7O. The number of nitrogens with zero attached hydrogens (tertiary/aromatic N) is 4. The van der Waals surface area contributed by atoms with Crippen molar-refractivity contribution in [2.45, 2.75) is 45.2 Å². The number of hydrogen-bond donors (Lipinski definition) is 3. The van der Waals surface area contributed by atoms with Gasteiger partial charge < -0.3 is 21.1 Å². The average molecular weight is 396 g/mol. The second kappa shape index (κ2) is 8.65. The van der Waals surface area contributed by atoms with Crippen molar-refractivity contribution in [2.24, 2.45) is 0 Å². The van der Waals surface area contributed by atoms with Gasteiger partial charge >= 0.3 is 0 Å². The number of nitrogens with one attached hydrogen (secondary N) is 2. The summed E-state index contributed by atoms with van der Waals surface area (Å²) in [5.41, 5.74) is 9.71. The van der Waals surface area contributed by atoms with E-state index in [1.54, 1.807) is 7.11 Å². The van der Waals surface area contributed by atoms with Gasteiger partial charge in [-0.3, -0.25) is 4.68 Å². The molecule has 2 aromatic heterocycles. The lowest BCUT2D eigenvalue weighted by atomic mass is 10.0. The Labute approximate surface area is 170 Å². The lowest BCUT2D eigenvalue weighted by Crippen LogP contribution is -2.13. The van der Waals surface area contributed by atoms with Crippen molar-refractivity contribution in [1.29, 1.82) is 0 Å². The van der Waals surface area contributed by atoms with E-state index in [4.69, 9.17) is 15.6 Å². The number of methoxy groups -OCH3 is 1. The predicted molar refractivity (Wildman–Crippen MR) is 115 cm³/mol. The van der Waals surface area contributed by atoms with E-state index in [1.165, 1.54) is 18.4 Å². The summed E-state index contributed by atoms with van der Waals surface area (Å²) in [7, 11) is 1.71. The van der Waals surface area contributed by atoms with E-state index < -0.39 is 0 Å². The molecule has 29 heavy (non-hydrogen) atoms. The highest BCUT2D eigenvalue weighted by Gasteiger charge is 2.18. The van der Waals surface area contributed by atoms with E-state index in [2.05, 4.69) is 45.7 Å². The Hall–Kier alpha value is -2.87. The molecule has 154 valence electrons. The number of rotatable bonds is 8. The molecule has 8 nitrogen and oxygen atoms in total. The minimum absolute atomic E-state index is 0.252. The third kappa shape index (κ3) is 4.27. The first-order valence-electron chi connectivity index (χ1n) is 10.3. The van der Waals surface area contributed by atoms with E-state index in [0.717, 1.165) is 48.3 Å². The fraction of sp³-hybridized carbons (Fsp3) is 0.476. The summed E-state index contributed by atoms with van der Waals surface area (Å²) in [6.45, 7) is 4.65. The number of aromatic nitrogens is 4. The molecule has 3 aromatic rings. The Morgan fingerprint density at radius 2 is 2.24 bits per heavy atom. The lowest BCUT2D eigenvalue weighted by Gasteiger charge is -2.15. The van der Waals surface area contributed by atoms with Crippen LogP contribution in [0.1, 0.15) is 49.8 Å². The van der Waals surface area contributed by atoms with Crippen molar-refractivity contribution >= 4 is 22.8 Å². The zero-order valence-electron chi connectivity index (χ0n) is 17.1. The lowest BCUT2D eigenvalue weighted by molar-refractivity contribution is 0.406. The Morgan fingerprint density at radius 3 is 3.00 bits per heavy atom. The van der Waals surface area contributed by atoms with Gasteiger partial charge in [-0.2, -0.15) is 10.1 Å². The zero-order valence-corrected chi connectivity index (χ0v) is 17.1. The quantitative estimate of drug-likeness (QED) is 0.504. The molecule has 1 atom stereocenters. The Bertz CT molecular complexity index is 979. The van der Waals surface area contributed by atoms with Gasteiger partial charge in [0, 0.05) is 18.2 Å². The van der Waals surface area contributed by atoms with Gasteiger partial charge in [0.1, 0.15) is 11.3 Å². The number of nitrogen functional groups attached to an aromatic ring is 1.